The number of hydrogen-bond donors (Lipinski definition) is 1. The zero-order valence-electron chi connectivity index (χ0n) is 8.41. The summed E-state index contributed by atoms with van der Waals surface area (Å²) < 4.78 is 0. The van der Waals surface area contributed by atoms with Crippen LogP contribution in [0.5, 0.6) is 0 Å². The van der Waals surface area contributed by atoms with Crippen molar-refractivity contribution >= 4 is 11.7 Å². The smallest absolute Gasteiger partial charge is 0.353 e. The molecule has 0 rings (SSSR count). The molecule has 0 aromatic carbocycles. The Hall–Kier alpha value is -1.06. The summed E-state index contributed by atoms with van der Waals surface area (Å²) in [7, 11) is 0. The fourth-order valence-corrected chi connectivity index (χ4v) is 0.877. The van der Waals surface area contributed by atoms with Crippen LogP contribution in [0.1, 0.15) is 33.6 Å². The number of oxime groups is 1. The Morgan fingerprint density at radius 1 is 1.62 bits per heavy atom. The highest BCUT2D eigenvalue weighted by atomic mass is 16.6. The van der Waals surface area contributed by atoms with Gasteiger partial charge in [0.2, 0.25) is 0 Å². The van der Waals surface area contributed by atoms with Crippen molar-refractivity contribution in [3.05, 3.63) is 0 Å². The summed E-state index contributed by atoms with van der Waals surface area (Å²) in [6.45, 7) is 6.04. The molecule has 1 atom stereocenters. The van der Waals surface area contributed by atoms with Gasteiger partial charge < -0.3 is 9.94 Å². The minimum absolute atomic E-state index is 0.0105. The number of nitrogens with zero attached hydrogens (tertiary/aromatic N) is 1. The Morgan fingerprint density at radius 3 is 2.69 bits per heavy atom. The maximum absolute atomic E-state index is 10.3. The van der Waals surface area contributed by atoms with E-state index in [1.54, 1.807) is 0 Å². The lowest BCUT2D eigenvalue weighted by Gasteiger charge is -2.07. The maximum Gasteiger partial charge on any atom is 0.353 e. The Kier molecular flexibility index (Phi) is 5.93. The van der Waals surface area contributed by atoms with Gasteiger partial charge in [0.15, 0.2) is 5.71 Å². The van der Waals surface area contributed by atoms with E-state index in [2.05, 4.69) is 19.0 Å². The van der Waals surface area contributed by atoms with Gasteiger partial charge in [0.1, 0.15) is 6.61 Å². The molecule has 0 spiro atoms. The first kappa shape index (κ1) is 11.9. The van der Waals surface area contributed by atoms with Crippen LogP contribution in [0.4, 0.5) is 0 Å². The Bertz CT molecular complexity index is 189. The number of hydrogen-bond acceptors (Lipinski definition) is 3. The first-order valence-corrected chi connectivity index (χ1v) is 4.47. The second-order valence-electron chi connectivity index (χ2n) is 3.17. The molecule has 4 heteroatoms. The van der Waals surface area contributed by atoms with Crippen LogP contribution >= 0.6 is 0 Å². The van der Waals surface area contributed by atoms with Gasteiger partial charge in [-0.05, 0) is 19.3 Å². The third-order valence-electron chi connectivity index (χ3n) is 1.65. The molecule has 0 saturated carbocycles. The molecule has 0 aromatic heterocycles. The Balaban J connectivity index is 3.65. The minimum atomic E-state index is -1.04. The predicted octanol–water partition coefficient (Wildman–Crippen LogP) is 1.90. The van der Waals surface area contributed by atoms with Crippen molar-refractivity contribution in [3.63, 3.8) is 0 Å². The molecule has 0 amide bonds. The average Bonchev–Trinajstić information content (AvgIpc) is 2.04. The fourth-order valence-electron chi connectivity index (χ4n) is 0.877. The predicted molar refractivity (Wildman–Crippen MR) is 50.8 cm³/mol. The maximum atomic E-state index is 10.3. The van der Waals surface area contributed by atoms with Gasteiger partial charge in [0.05, 0.1) is 0 Å². The van der Waals surface area contributed by atoms with E-state index in [1.807, 2.05) is 0 Å². The molecule has 0 aliphatic heterocycles. The van der Waals surface area contributed by atoms with Crippen LogP contribution in [-0.2, 0) is 9.63 Å². The van der Waals surface area contributed by atoms with Crippen molar-refractivity contribution in [2.24, 2.45) is 11.1 Å². The molecule has 0 saturated heterocycles. The summed E-state index contributed by atoms with van der Waals surface area (Å²) in [5, 5.41) is 11.9. The largest absolute Gasteiger partial charge is 0.477 e. The highest BCUT2D eigenvalue weighted by Crippen LogP contribution is 2.04. The van der Waals surface area contributed by atoms with Gasteiger partial charge in [-0.1, -0.05) is 25.4 Å². The van der Waals surface area contributed by atoms with Crippen molar-refractivity contribution < 1.29 is 14.7 Å². The zero-order valence-corrected chi connectivity index (χ0v) is 8.41. The van der Waals surface area contributed by atoms with E-state index in [0.717, 1.165) is 12.8 Å². The van der Waals surface area contributed by atoms with Crippen molar-refractivity contribution in [2.75, 3.05) is 6.61 Å². The minimum Gasteiger partial charge on any atom is -0.477 e. The second kappa shape index (κ2) is 6.46. The number of rotatable bonds is 6. The van der Waals surface area contributed by atoms with Crippen molar-refractivity contribution in [2.45, 2.75) is 33.6 Å². The van der Waals surface area contributed by atoms with Crippen LogP contribution in [0.3, 0.4) is 0 Å². The summed E-state index contributed by atoms with van der Waals surface area (Å²) in [4.78, 5) is 15.2. The van der Waals surface area contributed by atoms with Crippen LogP contribution in [0.25, 0.3) is 0 Å². The van der Waals surface area contributed by atoms with Gasteiger partial charge in [0, 0.05) is 0 Å². The van der Waals surface area contributed by atoms with E-state index in [9.17, 15) is 4.79 Å². The summed E-state index contributed by atoms with van der Waals surface area (Å²) >= 11 is 0. The molecule has 1 unspecified atom stereocenters. The lowest BCUT2D eigenvalue weighted by atomic mass is 10.1. The number of carboxylic acids is 1. The van der Waals surface area contributed by atoms with Gasteiger partial charge in [-0.25, -0.2) is 4.79 Å². The molecule has 13 heavy (non-hydrogen) atoms. The third kappa shape index (κ3) is 6.13. The molecule has 0 aliphatic carbocycles. The van der Waals surface area contributed by atoms with Crippen LogP contribution < -0.4 is 0 Å². The molecule has 76 valence electrons. The van der Waals surface area contributed by atoms with Gasteiger partial charge in [-0.3, -0.25) is 0 Å². The van der Waals surface area contributed by atoms with Gasteiger partial charge in [0.25, 0.3) is 0 Å². The highest BCUT2D eigenvalue weighted by molar-refractivity contribution is 6.34. The highest BCUT2D eigenvalue weighted by Gasteiger charge is 2.03. The molecule has 0 radical (unpaired) electrons. The molecule has 0 aliphatic rings. The molecule has 0 aromatic rings. The van der Waals surface area contributed by atoms with Gasteiger partial charge in [-0.2, -0.15) is 0 Å². The van der Waals surface area contributed by atoms with Crippen LogP contribution in [-0.4, -0.2) is 23.4 Å². The summed E-state index contributed by atoms with van der Waals surface area (Å²) in [6, 6.07) is 0. The molecule has 1 N–H and O–H groups in total. The van der Waals surface area contributed by atoms with E-state index in [4.69, 9.17) is 9.94 Å². The second-order valence-corrected chi connectivity index (χ2v) is 3.17. The third-order valence-corrected chi connectivity index (χ3v) is 1.65. The summed E-state index contributed by atoms with van der Waals surface area (Å²) in [6.07, 6.45) is 2.17. The number of carboxylic acid groups (broad SMARTS) is 1. The Labute approximate surface area is 78.6 Å². The van der Waals surface area contributed by atoms with E-state index < -0.39 is 5.97 Å². The van der Waals surface area contributed by atoms with Crippen LogP contribution in [0, 0.1) is 5.92 Å². The quantitative estimate of drug-likeness (QED) is 0.510. The average molecular weight is 187 g/mol. The molecule has 0 fully saturated rings. The fraction of sp³-hybridized carbons (Fsp3) is 0.778. The van der Waals surface area contributed by atoms with Crippen LogP contribution in [0.2, 0.25) is 0 Å². The standard InChI is InChI=1S/C9H17NO3/c1-4-5-7(2)6-13-10-8(3)9(11)12/h7H,4-6H2,1-3H3,(H,11,12)/b10-8+. The normalized spacial score (nSPS) is 13.9. The van der Waals surface area contributed by atoms with Crippen molar-refractivity contribution in [3.8, 4) is 0 Å². The lowest BCUT2D eigenvalue weighted by molar-refractivity contribution is -0.129. The molecule has 0 bridgehead atoms. The van der Waals surface area contributed by atoms with E-state index in [0.29, 0.717) is 12.5 Å². The summed E-state index contributed by atoms with van der Waals surface area (Å²) in [5.74, 6) is -0.613. The molecular formula is C9H17NO3. The molecule has 4 nitrogen and oxygen atoms in total. The van der Waals surface area contributed by atoms with E-state index in [1.165, 1.54) is 6.92 Å². The zero-order chi connectivity index (χ0) is 10.3. The van der Waals surface area contributed by atoms with Gasteiger partial charge >= 0.3 is 5.97 Å². The van der Waals surface area contributed by atoms with Crippen molar-refractivity contribution in [1.82, 2.24) is 0 Å². The number of aliphatic carboxylic acids is 1. The topological polar surface area (TPSA) is 58.9 Å². The van der Waals surface area contributed by atoms with Gasteiger partial charge in [-0.15, -0.1) is 0 Å². The Morgan fingerprint density at radius 2 is 2.23 bits per heavy atom. The van der Waals surface area contributed by atoms with E-state index >= 15 is 0 Å². The van der Waals surface area contributed by atoms with E-state index in [-0.39, 0.29) is 5.71 Å². The summed E-state index contributed by atoms with van der Waals surface area (Å²) in [5.41, 5.74) is -0.0105. The molecular weight excluding hydrogens is 170 g/mol. The first-order chi connectivity index (χ1) is 6.07. The SMILES string of the molecule is CCCC(C)CO/N=C(\C)C(=O)O. The van der Waals surface area contributed by atoms with Crippen LogP contribution in [0.15, 0.2) is 5.16 Å². The lowest BCUT2D eigenvalue weighted by Crippen LogP contribution is -2.10. The monoisotopic (exact) mass is 187 g/mol. The number of carbonyl (C=O) groups is 1. The van der Waals surface area contributed by atoms with Crippen molar-refractivity contribution in [1.29, 1.82) is 0 Å². The molecule has 0 heterocycles. The first-order valence-electron chi connectivity index (χ1n) is 4.47.